The Hall–Kier alpha value is -0.790. The zero-order valence-corrected chi connectivity index (χ0v) is 38.8. The molecule has 6 aliphatic rings. The molecule has 368 valence electrons. The molecule has 3 saturated carbocycles. The first-order valence-electron chi connectivity index (χ1n) is 22.5. The number of methoxy groups -OCH3 is 1. The molecule has 3 aliphatic heterocycles. The van der Waals surface area contributed by atoms with E-state index in [0.717, 1.165) is 45.2 Å². The zero-order valence-electron chi connectivity index (χ0n) is 38.8. The summed E-state index contributed by atoms with van der Waals surface area (Å²) in [5, 5.41) is 96.3. The number of halogens is 1. The Morgan fingerprint density at radius 2 is 1.23 bits per heavy atom. The fraction of sp³-hybridized carbons (Fsp3) is 1.00. The van der Waals surface area contributed by atoms with E-state index in [4.69, 9.17) is 24.8 Å². The van der Waals surface area contributed by atoms with Crippen LogP contribution < -0.4 is 26.6 Å². The van der Waals surface area contributed by atoms with Gasteiger partial charge in [0.15, 0.2) is 0 Å². The number of piperidine rings is 1. The van der Waals surface area contributed by atoms with Gasteiger partial charge in [-0.25, -0.2) is 0 Å². The van der Waals surface area contributed by atoms with Crippen LogP contribution in [0.4, 0.5) is 4.39 Å². The van der Waals surface area contributed by atoms with Crippen LogP contribution in [-0.2, 0) is 9.47 Å². The normalized spacial score (nSPS) is 36.3. The molecule has 0 bridgehead atoms. The first kappa shape index (κ1) is 60.2. The van der Waals surface area contributed by atoms with Crippen molar-refractivity contribution in [3.05, 3.63) is 0 Å². The van der Waals surface area contributed by atoms with Crippen LogP contribution in [0.3, 0.4) is 0 Å². The van der Waals surface area contributed by atoms with E-state index in [2.05, 4.69) is 43.4 Å². The molecule has 3 aliphatic carbocycles. The second kappa shape index (κ2) is 36.4. The minimum Gasteiger partial charge on any atom is -0.395 e. The maximum atomic E-state index is 12.1. The highest BCUT2D eigenvalue weighted by atomic mass is 19.1. The van der Waals surface area contributed by atoms with Crippen LogP contribution in [0, 0.1) is 5.92 Å². The predicted octanol–water partition coefficient (Wildman–Crippen LogP) is -2.79. The molecule has 19 heteroatoms. The number of aliphatic hydroxyl groups is 9. The van der Waals surface area contributed by atoms with Gasteiger partial charge in [0, 0.05) is 63.9 Å². The minimum absolute atomic E-state index is 0.0868. The molecule has 0 aromatic rings. The van der Waals surface area contributed by atoms with Gasteiger partial charge in [0.25, 0.3) is 0 Å². The molecule has 3 heterocycles. The predicted molar refractivity (Wildman–Crippen MR) is 237 cm³/mol. The Balaban J connectivity index is 0.000000695. The van der Waals surface area contributed by atoms with Gasteiger partial charge in [-0.2, -0.15) is 0 Å². The fourth-order valence-corrected chi connectivity index (χ4v) is 7.68. The van der Waals surface area contributed by atoms with Gasteiger partial charge in [0.05, 0.1) is 87.5 Å². The Kier molecular flexibility index (Phi) is 36.0. The maximum Gasteiger partial charge on any atom is 0.0959 e. The van der Waals surface area contributed by atoms with Crippen molar-refractivity contribution >= 4 is 0 Å². The van der Waals surface area contributed by atoms with E-state index in [0.29, 0.717) is 70.6 Å². The van der Waals surface area contributed by atoms with Gasteiger partial charge in [-0.3, -0.25) is 4.39 Å². The van der Waals surface area contributed by atoms with Crippen LogP contribution in [0.1, 0.15) is 70.6 Å². The molecule has 6 rings (SSSR count). The standard InChI is InChI=1S/C7H14FNO.3C7H15NO2.C6H13NO.C5H11NO2.C3H9NO/c1-9-3-2-7(10)6(4-8)5-9;1-8-6-4-5(9)2-3-7(6)10;1-8-5-2-3-6(9)7(10)4-5;1-8-5-3-2-4-6(9)7(5)10;1-7-4-3-6(5-7)8-2;1-6-4-2-8-3-5(4)7;1-4-2-3-5/h6-7,10H,2-5H2,1H3;3*5-10H,2-4H2,1H3;6H,3-5H2,1-2H3;4-7H,2-3H2,1H3;4-5H,2-3H2,1H3. The summed E-state index contributed by atoms with van der Waals surface area (Å²) in [5.41, 5.74) is 0. The summed E-state index contributed by atoms with van der Waals surface area (Å²) in [7, 11) is 15.0. The number of ether oxygens (including phenoxy) is 2. The van der Waals surface area contributed by atoms with Crippen LogP contribution in [0.2, 0.25) is 0 Å². The zero-order chi connectivity index (χ0) is 46.3. The summed E-state index contributed by atoms with van der Waals surface area (Å²) >= 11 is 0. The van der Waals surface area contributed by atoms with Gasteiger partial charge in [0.2, 0.25) is 0 Å². The largest absolute Gasteiger partial charge is 0.395 e. The molecule has 0 radical (unpaired) electrons. The van der Waals surface area contributed by atoms with Crippen LogP contribution >= 0.6 is 0 Å². The van der Waals surface area contributed by atoms with Crippen molar-refractivity contribution in [2.75, 3.05) is 116 Å². The molecular weight excluding hydrogens is 797 g/mol. The number of nitrogens with zero attached hydrogens (tertiary/aromatic N) is 2. The monoisotopic (exact) mass is 890 g/mol. The van der Waals surface area contributed by atoms with Gasteiger partial charge in [-0.05, 0) is 120 Å². The highest BCUT2D eigenvalue weighted by molar-refractivity contribution is 4.86. The van der Waals surface area contributed by atoms with Crippen molar-refractivity contribution in [3.8, 4) is 0 Å². The second-order valence-electron chi connectivity index (χ2n) is 17.0. The summed E-state index contributed by atoms with van der Waals surface area (Å²) < 4.78 is 22.2. The summed E-state index contributed by atoms with van der Waals surface area (Å²) in [5.74, 6) is -0.154. The number of nitrogens with one attached hydrogen (secondary N) is 5. The Labute approximate surface area is 367 Å². The quantitative estimate of drug-likeness (QED) is 0.117. The minimum atomic E-state index is -0.571. The van der Waals surface area contributed by atoms with Crippen LogP contribution in [0.15, 0.2) is 0 Å². The van der Waals surface area contributed by atoms with E-state index in [-0.39, 0.29) is 49.0 Å². The number of hydrogen-bond acceptors (Lipinski definition) is 18. The molecule has 3 saturated heterocycles. The number of likely N-dealkylation sites (N-methyl/N-ethyl adjacent to an activating group) is 5. The first-order valence-corrected chi connectivity index (χ1v) is 22.5. The molecule has 0 aromatic heterocycles. The summed E-state index contributed by atoms with van der Waals surface area (Å²) in [6, 6.07) is 0.709. The van der Waals surface area contributed by atoms with Crippen molar-refractivity contribution in [3.63, 3.8) is 0 Å². The molecule has 0 aromatic carbocycles. The fourth-order valence-electron chi connectivity index (χ4n) is 7.68. The van der Waals surface area contributed by atoms with Crippen molar-refractivity contribution in [2.24, 2.45) is 5.92 Å². The first-order chi connectivity index (χ1) is 29.0. The number of rotatable bonds is 8. The number of hydrogen-bond donors (Lipinski definition) is 14. The Morgan fingerprint density at radius 3 is 1.62 bits per heavy atom. The summed E-state index contributed by atoms with van der Waals surface area (Å²) in [6.45, 7) is 5.52. The lowest BCUT2D eigenvalue weighted by Crippen LogP contribution is -2.47. The van der Waals surface area contributed by atoms with Crippen LogP contribution in [-0.4, -0.2) is 251 Å². The number of likely N-dealkylation sites (tertiary alicyclic amines) is 2. The lowest BCUT2D eigenvalue weighted by molar-refractivity contribution is -0.0276. The van der Waals surface area contributed by atoms with Crippen molar-refractivity contribution in [2.45, 2.75) is 150 Å². The molecule has 18 nitrogen and oxygen atoms in total. The van der Waals surface area contributed by atoms with Crippen molar-refractivity contribution in [1.29, 1.82) is 0 Å². The third-order valence-corrected chi connectivity index (χ3v) is 12.1. The summed E-state index contributed by atoms with van der Waals surface area (Å²) in [6.07, 6.45) is 6.29. The Morgan fingerprint density at radius 1 is 0.607 bits per heavy atom. The molecular formula is C42H92FN7O11. The molecule has 0 amide bonds. The molecule has 14 N–H and O–H groups in total. The van der Waals surface area contributed by atoms with Crippen molar-refractivity contribution < 1.29 is 59.8 Å². The van der Waals surface area contributed by atoms with Gasteiger partial charge in [-0.15, -0.1) is 0 Å². The molecule has 6 fully saturated rings. The third-order valence-electron chi connectivity index (χ3n) is 12.1. The van der Waals surface area contributed by atoms with E-state index in [1.807, 2.05) is 35.2 Å². The van der Waals surface area contributed by atoms with Gasteiger partial charge < -0.3 is 91.8 Å². The average Bonchev–Trinajstić information content (AvgIpc) is 3.90. The SMILES string of the molecule is CN1CCC(O)C(CF)C1.CNC1CC(O)CCC1O.CNC1CCC(O)C(O)C1.CNC1CCCC(O)C1O.CNC1COCC1O.CNCCO.COC1CCN(C)C1. The average molecular weight is 890 g/mol. The number of aliphatic hydroxyl groups excluding tert-OH is 9. The highest BCUT2D eigenvalue weighted by Gasteiger charge is 2.30. The second-order valence-corrected chi connectivity index (χ2v) is 17.0. The van der Waals surface area contributed by atoms with Crippen LogP contribution in [0.25, 0.3) is 0 Å². The van der Waals surface area contributed by atoms with E-state index >= 15 is 0 Å². The van der Waals surface area contributed by atoms with Crippen molar-refractivity contribution in [1.82, 2.24) is 36.4 Å². The Bertz CT molecular complexity index is 978. The number of alkyl halides is 1. The molecule has 14 unspecified atom stereocenters. The van der Waals surface area contributed by atoms with Crippen LogP contribution in [0.5, 0.6) is 0 Å². The van der Waals surface area contributed by atoms with E-state index in [9.17, 15) is 35.0 Å². The maximum absolute atomic E-state index is 12.1. The van der Waals surface area contributed by atoms with Gasteiger partial charge in [0.1, 0.15) is 0 Å². The van der Waals surface area contributed by atoms with E-state index < -0.39 is 37.2 Å². The third kappa shape index (κ3) is 26.7. The highest BCUT2D eigenvalue weighted by Crippen LogP contribution is 2.20. The molecule has 0 spiro atoms. The summed E-state index contributed by atoms with van der Waals surface area (Å²) in [4.78, 5) is 4.34. The topological polar surface area (TPSA) is 267 Å². The van der Waals surface area contributed by atoms with E-state index in [1.165, 1.54) is 13.0 Å². The molecule has 61 heavy (non-hydrogen) atoms. The van der Waals surface area contributed by atoms with Gasteiger partial charge in [-0.1, -0.05) is 0 Å². The van der Waals surface area contributed by atoms with E-state index in [1.54, 1.807) is 14.2 Å². The smallest absolute Gasteiger partial charge is 0.0959 e. The van der Waals surface area contributed by atoms with Gasteiger partial charge >= 0.3 is 0 Å². The lowest BCUT2D eigenvalue weighted by Gasteiger charge is -2.32. The molecule has 14 atom stereocenters. The lowest BCUT2D eigenvalue weighted by atomic mass is 9.90.